The molecule has 0 fully saturated rings. The first-order valence-corrected chi connectivity index (χ1v) is 7.73. The van der Waals surface area contributed by atoms with E-state index in [1.165, 1.54) is 11.3 Å². The van der Waals surface area contributed by atoms with Gasteiger partial charge in [-0.3, -0.25) is 4.79 Å². The summed E-state index contributed by atoms with van der Waals surface area (Å²) in [7, 11) is 0. The highest BCUT2D eigenvalue weighted by atomic mass is 32.1. The monoisotopic (exact) mass is 313 g/mol. The minimum atomic E-state index is -0.919. The number of thiazole rings is 1. The average Bonchev–Trinajstić information content (AvgIpc) is 2.77. The molecule has 1 aromatic rings. The Balaban J connectivity index is 2.56. The number of amides is 2. The van der Waals surface area contributed by atoms with Crippen molar-refractivity contribution in [2.24, 2.45) is 5.41 Å². The van der Waals surface area contributed by atoms with Crippen molar-refractivity contribution in [2.75, 3.05) is 0 Å². The van der Waals surface area contributed by atoms with E-state index in [4.69, 9.17) is 5.11 Å². The molecule has 3 N–H and O–H groups in total. The third kappa shape index (κ3) is 7.08. The maximum absolute atomic E-state index is 12.0. The molecule has 0 saturated heterocycles. The number of nitrogens with zero attached hydrogens (tertiary/aromatic N) is 1. The highest BCUT2D eigenvalue weighted by molar-refractivity contribution is 7.09. The second kappa shape index (κ2) is 7.40. The van der Waals surface area contributed by atoms with Crippen molar-refractivity contribution in [2.45, 2.75) is 52.6 Å². The standard InChI is InChI=1S/C14H23N3O3S/c1-9(12-15-5-6-21-12)16-13(20)17-10(7-11(18)19)8-14(2,3)4/h5-6,9-10H,7-8H2,1-4H3,(H,18,19)(H2,16,17,20). The van der Waals surface area contributed by atoms with E-state index < -0.39 is 12.0 Å². The number of hydrogen-bond acceptors (Lipinski definition) is 4. The number of urea groups is 1. The van der Waals surface area contributed by atoms with Crippen LogP contribution in [0.25, 0.3) is 0 Å². The van der Waals surface area contributed by atoms with Gasteiger partial charge < -0.3 is 15.7 Å². The lowest BCUT2D eigenvalue weighted by Gasteiger charge is -2.26. The van der Waals surface area contributed by atoms with Crippen LogP contribution in [0.5, 0.6) is 0 Å². The predicted molar refractivity (Wildman–Crippen MR) is 82.3 cm³/mol. The molecule has 2 unspecified atom stereocenters. The van der Waals surface area contributed by atoms with E-state index in [0.29, 0.717) is 6.42 Å². The fourth-order valence-electron chi connectivity index (χ4n) is 2.06. The lowest BCUT2D eigenvalue weighted by Crippen LogP contribution is -2.45. The molecule has 0 saturated carbocycles. The summed E-state index contributed by atoms with van der Waals surface area (Å²) in [5, 5.41) is 17.1. The number of aliphatic carboxylic acids is 1. The Bertz CT molecular complexity index is 468. The third-order valence-electron chi connectivity index (χ3n) is 2.78. The number of rotatable bonds is 6. The second-order valence-corrected chi connectivity index (χ2v) is 7.20. The van der Waals surface area contributed by atoms with Gasteiger partial charge in [0, 0.05) is 17.6 Å². The van der Waals surface area contributed by atoms with Crippen molar-refractivity contribution >= 4 is 23.3 Å². The number of carbonyl (C=O) groups excluding carboxylic acids is 1. The first-order chi connectivity index (χ1) is 9.67. The molecule has 7 heteroatoms. The molecule has 2 amide bonds. The summed E-state index contributed by atoms with van der Waals surface area (Å²) < 4.78 is 0. The number of carboxylic acids is 1. The second-order valence-electron chi connectivity index (χ2n) is 6.27. The molecule has 0 aromatic carbocycles. The number of carbonyl (C=O) groups is 2. The molecule has 1 aromatic heterocycles. The van der Waals surface area contributed by atoms with Gasteiger partial charge in [-0.15, -0.1) is 11.3 Å². The minimum absolute atomic E-state index is 0.0612. The summed E-state index contributed by atoms with van der Waals surface area (Å²) in [6.45, 7) is 7.88. The van der Waals surface area contributed by atoms with Crippen molar-refractivity contribution in [3.8, 4) is 0 Å². The van der Waals surface area contributed by atoms with Gasteiger partial charge in [0.15, 0.2) is 0 Å². The quantitative estimate of drug-likeness (QED) is 0.753. The molecular weight excluding hydrogens is 290 g/mol. The molecule has 118 valence electrons. The first-order valence-electron chi connectivity index (χ1n) is 6.85. The maximum Gasteiger partial charge on any atom is 0.315 e. The molecule has 0 radical (unpaired) electrons. The van der Waals surface area contributed by atoms with Gasteiger partial charge in [0.2, 0.25) is 0 Å². The summed E-state index contributed by atoms with van der Waals surface area (Å²) >= 11 is 1.46. The number of hydrogen-bond donors (Lipinski definition) is 3. The van der Waals surface area contributed by atoms with Gasteiger partial charge in [0.1, 0.15) is 5.01 Å². The van der Waals surface area contributed by atoms with Crippen LogP contribution in [0.4, 0.5) is 4.79 Å². The summed E-state index contributed by atoms with van der Waals surface area (Å²) in [6, 6.07) is -0.968. The molecule has 0 aliphatic carbocycles. The van der Waals surface area contributed by atoms with Crippen molar-refractivity contribution in [1.29, 1.82) is 0 Å². The molecule has 0 spiro atoms. The van der Waals surface area contributed by atoms with Crippen LogP contribution in [0.3, 0.4) is 0 Å². The summed E-state index contributed by atoms with van der Waals surface area (Å²) in [5.41, 5.74) is -0.0612. The van der Waals surface area contributed by atoms with Gasteiger partial charge in [0.05, 0.1) is 12.5 Å². The molecule has 1 heterocycles. The fourth-order valence-corrected chi connectivity index (χ4v) is 2.70. The van der Waals surface area contributed by atoms with Gasteiger partial charge in [-0.1, -0.05) is 20.8 Å². The van der Waals surface area contributed by atoms with Gasteiger partial charge in [-0.2, -0.15) is 0 Å². The lowest BCUT2D eigenvalue weighted by molar-refractivity contribution is -0.137. The summed E-state index contributed by atoms with van der Waals surface area (Å²) in [6.07, 6.45) is 2.19. The number of aromatic nitrogens is 1. The molecule has 0 bridgehead atoms. The molecule has 0 aliphatic heterocycles. The summed E-state index contributed by atoms with van der Waals surface area (Å²) in [5.74, 6) is -0.919. The van der Waals surface area contributed by atoms with E-state index >= 15 is 0 Å². The Kier molecular flexibility index (Phi) is 6.14. The smallest absolute Gasteiger partial charge is 0.315 e. The largest absolute Gasteiger partial charge is 0.481 e. The average molecular weight is 313 g/mol. The lowest BCUT2D eigenvalue weighted by atomic mass is 9.87. The van der Waals surface area contributed by atoms with E-state index in [0.717, 1.165) is 5.01 Å². The van der Waals surface area contributed by atoms with Gasteiger partial charge in [-0.05, 0) is 18.8 Å². The van der Waals surface area contributed by atoms with Gasteiger partial charge in [-0.25, -0.2) is 9.78 Å². The molecule has 1 rings (SSSR count). The Morgan fingerprint density at radius 2 is 2.05 bits per heavy atom. The van der Waals surface area contributed by atoms with Crippen molar-refractivity contribution < 1.29 is 14.7 Å². The molecule has 0 aliphatic rings. The van der Waals surface area contributed by atoms with Crippen LogP contribution in [-0.4, -0.2) is 28.1 Å². The maximum atomic E-state index is 12.0. The third-order valence-corrected chi connectivity index (χ3v) is 3.74. The van der Waals surface area contributed by atoms with Crippen LogP contribution in [0.15, 0.2) is 11.6 Å². The SMILES string of the molecule is CC(NC(=O)NC(CC(=O)O)CC(C)(C)C)c1nccs1. The van der Waals surface area contributed by atoms with E-state index in [-0.39, 0.29) is 23.9 Å². The minimum Gasteiger partial charge on any atom is -0.481 e. The molecule has 21 heavy (non-hydrogen) atoms. The van der Waals surface area contributed by atoms with E-state index in [1.807, 2.05) is 33.1 Å². The van der Waals surface area contributed by atoms with Crippen LogP contribution >= 0.6 is 11.3 Å². The van der Waals surface area contributed by atoms with Crippen LogP contribution < -0.4 is 10.6 Å². The highest BCUT2D eigenvalue weighted by Crippen LogP contribution is 2.22. The molecular formula is C14H23N3O3S. The van der Waals surface area contributed by atoms with Crippen LogP contribution in [-0.2, 0) is 4.79 Å². The number of carboxylic acid groups (broad SMARTS) is 1. The van der Waals surface area contributed by atoms with E-state index in [9.17, 15) is 9.59 Å². The zero-order chi connectivity index (χ0) is 16.0. The first kappa shape index (κ1) is 17.4. The van der Waals surface area contributed by atoms with Crippen LogP contribution in [0, 0.1) is 5.41 Å². The predicted octanol–water partition coefficient (Wildman–Crippen LogP) is 2.78. The van der Waals surface area contributed by atoms with Crippen molar-refractivity contribution in [3.63, 3.8) is 0 Å². The highest BCUT2D eigenvalue weighted by Gasteiger charge is 2.23. The van der Waals surface area contributed by atoms with Gasteiger partial charge in [0.25, 0.3) is 0 Å². The Morgan fingerprint density at radius 3 is 2.52 bits per heavy atom. The Labute approximate surface area is 129 Å². The zero-order valence-electron chi connectivity index (χ0n) is 12.8. The van der Waals surface area contributed by atoms with Gasteiger partial charge >= 0.3 is 12.0 Å². The van der Waals surface area contributed by atoms with Crippen LogP contribution in [0.2, 0.25) is 0 Å². The van der Waals surface area contributed by atoms with Crippen molar-refractivity contribution in [1.82, 2.24) is 15.6 Å². The Hall–Kier alpha value is -1.63. The topological polar surface area (TPSA) is 91.3 Å². The number of nitrogens with one attached hydrogen (secondary N) is 2. The fraction of sp³-hybridized carbons (Fsp3) is 0.643. The van der Waals surface area contributed by atoms with E-state index in [1.54, 1.807) is 6.20 Å². The van der Waals surface area contributed by atoms with E-state index in [2.05, 4.69) is 15.6 Å². The van der Waals surface area contributed by atoms with Crippen LogP contribution in [0.1, 0.15) is 51.6 Å². The normalized spacial score (nSPS) is 14.3. The molecule has 2 atom stereocenters. The Morgan fingerprint density at radius 1 is 1.38 bits per heavy atom. The molecule has 6 nitrogen and oxygen atoms in total. The zero-order valence-corrected chi connectivity index (χ0v) is 13.7. The summed E-state index contributed by atoms with van der Waals surface area (Å²) in [4.78, 5) is 27.0. The van der Waals surface area contributed by atoms with Crippen molar-refractivity contribution in [3.05, 3.63) is 16.6 Å².